The van der Waals surface area contributed by atoms with Gasteiger partial charge in [-0.1, -0.05) is 13.8 Å². The second-order valence-electron chi connectivity index (χ2n) is 6.69. The van der Waals surface area contributed by atoms with Crippen molar-refractivity contribution in [3.63, 3.8) is 0 Å². The number of alkyl halides is 3. The molecular weight excluding hydrogens is 389 g/mol. The molecular formula is C14H22ClF3N8O. The predicted octanol–water partition coefficient (Wildman–Crippen LogP) is 1.63. The fraction of sp³-hybridized carbons (Fsp3) is 0.643. The highest BCUT2D eigenvalue weighted by Crippen LogP contribution is 2.26. The van der Waals surface area contributed by atoms with Gasteiger partial charge in [-0.3, -0.25) is 9.89 Å². The van der Waals surface area contributed by atoms with Gasteiger partial charge in [0.05, 0.1) is 5.54 Å². The summed E-state index contributed by atoms with van der Waals surface area (Å²) in [7, 11) is 0. The molecule has 0 spiro atoms. The first kappa shape index (κ1) is 22.8. The second kappa shape index (κ2) is 8.21. The van der Waals surface area contributed by atoms with Crippen LogP contribution in [0.4, 0.5) is 13.2 Å². The van der Waals surface area contributed by atoms with E-state index >= 15 is 0 Å². The maximum Gasteiger partial charge on any atom is 0.451 e. The highest BCUT2D eigenvalue weighted by Gasteiger charge is 2.36. The van der Waals surface area contributed by atoms with E-state index in [1.807, 2.05) is 13.8 Å². The van der Waals surface area contributed by atoms with E-state index in [4.69, 9.17) is 5.73 Å². The number of amides is 1. The molecule has 0 fully saturated rings. The number of hydrogen-bond acceptors (Lipinski definition) is 6. The van der Waals surface area contributed by atoms with Crippen molar-refractivity contribution in [2.45, 2.75) is 45.8 Å². The summed E-state index contributed by atoms with van der Waals surface area (Å²) in [6.07, 6.45) is -4.02. The summed E-state index contributed by atoms with van der Waals surface area (Å²) < 4.78 is 38.8. The molecule has 2 rings (SSSR count). The Morgan fingerprint density at radius 2 is 1.96 bits per heavy atom. The minimum atomic E-state index is -4.67. The Labute approximate surface area is 159 Å². The lowest BCUT2D eigenvalue weighted by Gasteiger charge is -2.30. The summed E-state index contributed by atoms with van der Waals surface area (Å²) in [6, 6.07) is 0. The smallest absolute Gasteiger partial charge is 0.343 e. The van der Waals surface area contributed by atoms with Gasteiger partial charge in [-0.25, -0.2) is 4.98 Å². The normalized spacial score (nSPS) is 14.0. The number of aromatic amines is 1. The van der Waals surface area contributed by atoms with Crippen LogP contribution in [0, 0.1) is 12.8 Å². The van der Waals surface area contributed by atoms with Gasteiger partial charge in [0.15, 0.2) is 0 Å². The Hall–Kier alpha value is -2.21. The van der Waals surface area contributed by atoms with E-state index in [-0.39, 0.29) is 36.5 Å². The maximum absolute atomic E-state index is 12.6. The Morgan fingerprint density at radius 3 is 2.44 bits per heavy atom. The third-order valence-electron chi connectivity index (χ3n) is 3.63. The Kier molecular flexibility index (Phi) is 6.94. The molecule has 27 heavy (non-hydrogen) atoms. The van der Waals surface area contributed by atoms with Gasteiger partial charge in [0.1, 0.15) is 5.82 Å². The summed E-state index contributed by atoms with van der Waals surface area (Å²) in [5.74, 6) is -1.94. The summed E-state index contributed by atoms with van der Waals surface area (Å²) in [5.41, 5.74) is 5.11. The van der Waals surface area contributed by atoms with E-state index in [0.29, 0.717) is 12.3 Å². The van der Waals surface area contributed by atoms with Gasteiger partial charge in [0, 0.05) is 6.54 Å². The van der Waals surface area contributed by atoms with Crippen LogP contribution in [0.2, 0.25) is 0 Å². The van der Waals surface area contributed by atoms with Gasteiger partial charge in [-0.05, 0) is 26.2 Å². The first-order chi connectivity index (χ1) is 11.9. The van der Waals surface area contributed by atoms with Gasteiger partial charge in [-0.2, -0.15) is 22.8 Å². The molecule has 4 N–H and O–H groups in total. The van der Waals surface area contributed by atoms with Crippen molar-refractivity contribution in [2.75, 3.05) is 6.54 Å². The molecule has 0 radical (unpaired) electrons. The molecule has 0 saturated carbocycles. The quantitative estimate of drug-likeness (QED) is 0.664. The minimum Gasteiger partial charge on any atom is -0.343 e. The van der Waals surface area contributed by atoms with Crippen LogP contribution in [0.5, 0.6) is 0 Å². The fourth-order valence-corrected chi connectivity index (χ4v) is 2.57. The number of hydrogen-bond donors (Lipinski definition) is 3. The lowest BCUT2D eigenvalue weighted by molar-refractivity contribution is -0.144. The van der Waals surface area contributed by atoms with Crippen LogP contribution in [0.15, 0.2) is 0 Å². The maximum atomic E-state index is 12.6. The number of rotatable bonds is 6. The monoisotopic (exact) mass is 410 g/mol. The SMILES string of the molecule is Cc1nc(C(=O)NC(C)(CN)CC(C)C)nn1-c1n[nH]c(C(F)(F)F)n1.Cl. The minimum absolute atomic E-state index is 0. The Morgan fingerprint density at radius 1 is 1.33 bits per heavy atom. The number of halogens is 4. The molecule has 1 unspecified atom stereocenters. The van der Waals surface area contributed by atoms with E-state index in [2.05, 4.69) is 25.5 Å². The predicted molar refractivity (Wildman–Crippen MR) is 92.7 cm³/mol. The summed E-state index contributed by atoms with van der Waals surface area (Å²) in [4.78, 5) is 19.7. The van der Waals surface area contributed by atoms with E-state index in [0.717, 1.165) is 4.68 Å². The van der Waals surface area contributed by atoms with E-state index in [9.17, 15) is 18.0 Å². The van der Waals surface area contributed by atoms with Crippen LogP contribution in [-0.4, -0.2) is 47.9 Å². The number of aromatic nitrogens is 6. The van der Waals surface area contributed by atoms with Gasteiger partial charge in [0.2, 0.25) is 11.6 Å². The number of nitrogens with zero attached hydrogens (tertiary/aromatic N) is 5. The number of nitrogens with two attached hydrogens (primary N) is 1. The average molecular weight is 411 g/mol. The van der Waals surface area contributed by atoms with Gasteiger partial charge >= 0.3 is 6.18 Å². The van der Waals surface area contributed by atoms with Crippen LogP contribution in [-0.2, 0) is 6.18 Å². The number of aryl methyl sites for hydroxylation is 1. The molecule has 152 valence electrons. The zero-order valence-electron chi connectivity index (χ0n) is 15.3. The van der Waals surface area contributed by atoms with Crippen LogP contribution < -0.4 is 11.1 Å². The van der Waals surface area contributed by atoms with Gasteiger partial charge in [0.25, 0.3) is 11.9 Å². The number of carbonyl (C=O) groups excluding carboxylic acids is 1. The zero-order chi connectivity index (χ0) is 19.7. The van der Waals surface area contributed by atoms with Crippen LogP contribution in [0.3, 0.4) is 0 Å². The molecule has 0 aromatic carbocycles. The van der Waals surface area contributed by atoms with E-state index < -0.39 is 23.4 Å². The van der Waals surface area contributed by atoms with Crippen molar-refractivity contribution < 1.29 is 18.0 Å². The lowest BCUT2D eigenvalue weighted by Crippen LogP contribution is -2.52. The molecule has 0 saturated heterocycles. The standard InChI is InChI=1S/C14H21F3N8O.ClH/c1-7(2)5-13(4,6-18)21-10(26)9-19-8(3)25(24-9)12-20-11(22-23-12)14(15,16)17;/h7H,5-6,18H2,1-4H3,(H,21,26)(H,20,22,23);1H. The molecule has 0 aliphatic heterocycles. The van der Waals surface area contributed by atoms with Crippen LogP contribution in [0.1, 0.15) is 49.5 Å². The molecule has 2 aromatic rings. The number of nitrogens with one attached hydrogen (secondary N) is 2. The number of carbonyl (C=O) groups is 1. The zero-order valence-corrected chi connectivity index (χ0v) is 16.1. The molecule has 0 bridgehead atoms. The van der Waals surface area contributed by atoms with Crippen molar-refractivity contribution in [1.29, 1.82) is 0 Å². The lowest BCUT2D eigenvalue weighted by atomic mass is 9.90. The topological polar surface area (TPSA) is 127 Å². The molecule has 0 aliphatic rings. The molecule has 2 aromatic heterocycles. The van der Waals surface area contributed by atoms with Crippen molar-refractivity contribution in [1.82, 2.24) is 35.3 Å². The first-order valence-corrected chi connectivity index (χ1v) is 7.91. The average Bonchev–Trinajstić information content (AvgIpc) is 3.12. The molecule has 1 atom stereocenters. The van der Waals surface area contributed by atoms with Crippen molar-refractivity contribution >= 4 is 18.3 Å². The highest BCUT2D eigenvalue weighted by atomic mass is 35.5. The molecule has 13 heteroatoms. The first-order valence-electron chi connectivity index (χ1n) is 7.91. The third kappa shape index (κ3) is 5.39. The van der Waals surface area contributed by atoms with Gasteiger partial charge < -0.3 is 11.1 Å². The Balaban J connectivity index is 0.00000364. The highest BCUT2D eigenvalue weighted by molar-refractivity contribution is 5.91. The van der Waals surface area contributed by atoms with E-state index in [1.54, 1.807) is 12.0 Å². The Bertz CT molecular complexity index is 788. The largest absolute Gasteiger partial charge is 0.451 e. The second-order valence-corrected chi connectivity index (χ2v) is 6.69. The van der Waals surface area contributed by atoms with E-state index in [1.165, 1.54) is 6.92 Å². The van der Waals surface area contributed by atoms with Crippen LogP contribution >= 0.6 is 12.4 Å². The molecule has 9 nitrogen and oxygen atoms in total. The van der Waals surface area contributed by atoms with Crippen LogP contribution in [0.25, 0.3) is 5.95 Å². The van der Waals surface area contributed by atoms with Crippen molar-refractivity contribution in [3.8, 4) is 5.95 Å². The molecule has 2 heterocycles. The van der Waals surface area contributed by atoms with Crippen molar-refractivity contribution in [3.05, 3.63) is 17.5 Å². The van der Waals surface area contributed by atoms with Gasteiger partial charge in [-0.15, -0.1) is 22.6 Å². The van der Waals surface area contributed by atoms with Crippen molar-refractivity contribution in [2.24, 2.45) is 11.7 Å². The molecule has 1 amide bonds. The molecule has 0 aliphatic carbocycles. The number of H-pyrrole nitrogens is 1. The summed E-state index contributed by atoms with van der Waals surface area (Å²) in [6.45, 7) is 7.49. The summed E-state index contributed by atoms with van der Waals surface area (Å²) >= 11 is 0. The summed E-state index contributed by atoms with van der Waals surface area (Å²) in [5, 5.41) is 12.0. The third-order valence-corrected chi connectivity index (χ3v) is 3.63. The fourth-order valence-electron chi connectivity index (χ4n) is 2.57.